The SMILES string of the molecule is C1=CC(c2ccccn2)CC(c2ccc3c(c2)c2c(n4c5ccccc5nc34)=CCC(c3ccc4ccc5cccc6ccc3c4c56)C=2)=C1. The largest absolute Gasteiger partial charge is 0.292 e. The highest BCUT2D eigenvalue weighted by Crippen LogP contribution is 2.40. The Morgan fingerprint density at radius 2 is 1.49 bits per heavy atom. The average molecular weight is 626 g/mol. The minimum atomic E-state index is 0.251. The van der Waals surface area contributed by atoms with E-state index in [9.17, 15) is 0 Å². The van der Waals surface area contributed by atoms with Crippen LogP contribution in [0.5, 0.6) is 0 Å². The van der Waals surface area contributed by atoms with Crippen LogP contribution in [0.4, 0.5) is 0 Å². The topological polar surface area (TPSA) is 30.2 Å². The van der Waals surface area contributed by atoms with Crippen LogP contribution >= 0.6 is 0 Å². The van der Waals surface area contributed by atoms with Gasteiger partial charge in [0.2, 0.25) is 0 Å². The van der Waals surface area contributed by atoms with Crippen molar-refractivity contribution in [3.63, 3.8) is 0 Å². The van der Waals surface area contributed by atoms with Crippen LogP contribution in [0.15, 0.2) is 140 Å². The van der Waals surface area contributed by atoms with Crippen LogP contribution in [0.1, 0.15) is 41.5 Å². The van der Waals surface area contributed by atoms with E-state index in [4.69, 9.17) is 4.98 Å². The first-order valence-corrected chi connectivity index (χ1v) is 17.3. The molecule has 0 N–H and O–H groups in total. The molecule has 0 saturated carbocycles. The molecule has 6 aromatic carbocycles. The van der Waals surface area contributed by atoms with E-state index in [1.807, 2.05) is 12.3 Å². The van der Waals surface area contributed by atoms with E-state index < -0.39 is 0 Å². The number of allylic oxidation sites excluding steroid dienone is 4. The minimum absolute atomic E-state index is 0.251. The molecule has 0 amide bonds. The number of fused-ring (bicyclic) bond motifs is 8. The Morgan fingerprint density at radius 3 is 2.39 bits per heavy atom. The van der Waals surface area contributed by atoms with Crippen molar-refractivity contribution in [1.29, 1.82) is 0 Å². The Morgan fingerprint density at radius 1 is 0.673 bits per heavy atom. The molecule has 230 valence electrons. The first kappa shape index (κ1) is 26.9. The maximum absolute atomic E-state index is 5.21. The van der Waals surface area contributed by atoms with Gasteiger partial charge < -0.3 is 0 Å². The van der Waals surface area contributed by atoms with E-state index in [2.05, 4.69) is 149 Å². The van der Waals surface area contributed by atoms with Gasteiger partial charge >= 0.3 is 0 Å². The molecule has 2 unspecified atom stereocenters. The number of pyridine rings is 2. The zero-order valence-corrected chi connectivity index (χ0v) is 26.8. The van der Waals surface area contributed by atoms with Crippen LogP contribution in [-0.4, -0.2) is 14.4 Å². The fourth-order valence-corrected chi connectivity index (χ4v) is 8.74. The van der Waals surface area contributed by atoms with Crippen LogP contribution in [-0.2, 0) is 0 Å². The van der Waals surface area contributed by atoms with Crippen molar-refractivity contribution in [3.05, 3.63) is 167 Å². The van der Waals surface area contributed by atoms with Crippen molar-refractivity contribution < 1.29 is 0 Å². The van der Waals surface area contributed by atoms with Gasteiger partial charge in [0.1, 0.15) is 5.65 Å². The number of hydrogen-bond acceptors (Lipinski definition) is 2. The van der Waals surface area contributed by atoms with Gasteiger partial charge in [0.15, 0.2) is 0 Å². The Kier molecular flexibility index (Phi) is 5.62. The molecular formula is C46H31N3. The van der Waals surface area contributed by atoms with E-state index in [1.54, 1.807) is 0 Å². The van der Waals surface area contributed by atoms with Crippen LogP contribution in [0.3, 0.4) is 0 Å². The fourth-order valence-electron chi connectivity index (χ4n) is 8.74. The lowest BCUT2D eigenvalue weighted by molar-refractivity contribution is 0.827. The molecular weight excluding hydrogens is 595 g/mol. The third-order valence-electron chi connectivity index (χ3n) is 11.0. The number of aromatic nitrogens is 3. The molecule has 2 atom stereocenters. The van der Waals surface area contributed by atoms with Crippen LogP contribution < -0.4 is 10.6 Å². The van der Waals surface area contributed by atoms with Crippen molar-refractivity contribution >= 4 is 77.5 Å². The zero-order chi connectivity index (χ0) is 32.1. The van der Waals surface area contributed by atoms with Gasteiger partial charge in [-0.1, -0.05) is 115 Å². The molecule has 0 fully saturated rings. The standard InChI is InChI=1S/C46H31N3/c1-2-13-43-41(12-1)48-46-37-22-18-32(31-9-6-10-34(25-31)40-11-3-4-24-47-40)26-38(37)39-27-33(19-23-42(39)49(43)46)35-20-16-30-15-14-28-7-5-8-29-17-21-36(35)45(30)44(28)29/h1-18,20-24,26-27,33-34H,19,25H2. The lowest BCUT2D eigenvalue weighted by Crippen LogP contribution is -2.35. The summed E-state index contributed by atoms with van der Waals surface area (Å²) in [5.74, 6) is 0.520. The number of para-hydroxylation sites is 2. The maximum Gasteiger partial charge on any atom is 0.146 e. The van der Waals surface area contributed by atoms with E-state index in [-0.39, 0.29) is 11.8 Å². The Bertz CT molecular complexity index is 2980. The first-order valence-electron chi connectivity index (χ1n) is 17.3. The van der Waals surface area contributed by atoms with Gasteiger partial charge in [0, 0.05) is 34.3 Å². The van der Waals surface area contributed by atoms with E-state index in [1.165, 1.54) is 70.4 Å². The highest BCUT2D eigenvalue weighted by Gasteiger charge is 2.22. The molecule has 0 bridgehead atoms. The van der Waals surface area contributed by atoms with E-state index in [0.29, 0.717) is 0 Å². The van der Waals surface area contributed by atoms with Gasteiger partial charge in [0.05, 0.1) is 16.4 Å². The van der Waals surface area contributed by atoms with Gasteiger partial charge in [-0.2, -0.15) is 0 Å². The molecule has 2 aliphatic carbocycles. The Balaban J connectivity index is 1.15. The molecule has 0 aliphatic heterocycles. The number of nitrogens with zero attached hydrogens (tertiary/aromatic N) is 3. The summed E-state index contributed by atoms with van der Waals surface area (Å²) >= 11 is 0. The molecule has 2 aliphatic rings. The normalized spacial score (nSPS) is 17.6. The molecule has 3 heterocycles. The molecule has 3 aromatic heterocycles. The van der Waals surface area contributed by atoms with Crippen molar-refractivity contribution in [2.24, 2.45) is 0 Å². The highest BCUT2D eigenvalue weighted by molar-refractivity contribution is 6.23. The molecule has 0 spiro atoms. The molecule has 0 saturated heterocycles. The fraction of sp³-hybridized carbons (Fsp3) is 0.0870. The number of imidazole rings is 1. The van der Waals surface area contributed by atoms with Crippen LogP contribution in [0.25, 0.3) is 77.5 Å². The van der Waals surface area contributed by atoms with E-state index in [0.717, 1.165) is 35.2 Å². The second kappa shape index (κ2) is 10.2. The molecule has 9 aromatic rings. The van der Waals surface area contributed by atoms with Gasteiger partial charge in [-0.25, -0.2) is 4.98 Å². The van der Waals surface area contributed by atoms with Gasteiger partial charge in [-0.3, -0.25) is 9.38 Å². The smallest absolute Gasteiger partial charge is 0.146 e. The Hall–Kier alpha value is -6.06. The predicted octanol–water partition coefficient (Wildman–Crippen LogP) is 9.81. The average Bonchev–Trinajstić information content (AvgIpc) is 3.57. The van der Waals surface area contributed by atoms with Gasteiger partial charge in [0.25, 0.3) is 0 Å². The van der Waals surface area contributed by atoms with Crippen LogP contribution in [0.2, 0.25) is 0 Å². The quantitative estimate of drug-likeness (QED) is 0.183. The summed E-state index contributed by atoms with van der Waals surface area (Å²) in [7, 11) is 0. The summed E-state index contributed by atoms with van der Waals surface area (Å²) in [6.07, 6.45) is 15.5. The van der Waals surface area contributed by atoms with Gasteiger partial charge in [-0.05, 0) is 97.6 Å². The molecule has 49 heavy (non-hydrogen) atoms. The van der Waals surface area contributed by atoms with Crippen molar-refractivity contribution in [3.8, 4) is 0 Å². The van der Waals surface area contributed by atoms with Crippen molar-refractivity contribution in [1.82, 2.24) is 14.4 Å². The summed E-state index contributed by atoms with van der Waals surface area (Å²) in [6, 6.07) is 42.3. The summed E-state index contributed by atoms with van der Waals surface area (Å²) < 4.78 is 2.39. The lowest BCUT2D eigenvalue weighted by atomic mass is 9.84. The second-order valence-electron chi connectivity index (χ2n) is 13.7. The van der Waals surface area contributed by atoms with Gasteiger partial charge in [-0.15, -0.1) is 0 Å². The maximum atomic E-state index is 5.21. The summed E-state index contributed by atoms with van der Waals surface area (Å²) in [4.78, 5) is 9.89. The lowest BCUT2D eigenvalue weighted by Gasteiger charge is -2.21. The predicted molar refractivity (Wildman–Crippen MR) is 205 cm³/mol. The third kappa shape index (κ3) is 3.96. The monoisotopic (exact) mass is 625 g/mol. The highest BCUT2D eigenvalue weighted by atomic mass is 15.0. The van der Waals surface area contributed by atoms with Crippen molar-refractivity contribution in [2.75, 3.05) is 0 Å². The minimum Gasteiger partial charge on any atom is -0.292 e. The Labute approximate surface area is 282 Å². The first-order chi connectivity index (χ1) is 24.3. The zero-order valence-electron chi connectivity index (χ0n) is 26.8. The summed E-state index contributed by atoms with van der Waals surface area (Å²) in [5, 5.41) is 13.0. The molecule has 3 heteroatoms. The second-order valence-corrected chi connectivity index (χ2v) is 13.7. The summed E-state index contributed by atoms with van der Waals surface area (Å²) in [6.45, 7) is 0. The van der Waals surface area contributed by atoms with E-state index >= 15 is 0 Å². The van der Waals surface area contributed by atoms with Crippen LogP contribution in [0, 0.1) is 0 Å². The number of benzene rings is 6. The third-order valence-corrected chi connectivity index (χ3v) is 11.0. The molecule has 11 rings (SSSR count). The summed E-state index contributed by atoms with van der Waals surface area (Å²) in [5.41, 5.74) is 8.32. The molecule has 0 radical (unpaired) electrons. The van der Waals surface area contributed by atoms with Crippen molar-refractivity contribution in [2.45, 2.75) is 24.7 Å². The number of rotatable bonds is 3. The molecule has 3 nitrogen and oxygen atoms in total. The number of hydrogen-bond donors (Lipinski definition) is 0.